The molecule has 0 saturated heterocycles. The summed E-state index contributed by atoms with van der Waals surface area (Å²) in [5.41, 5.74) is 2.94. The second-order valence-electron chi connectivity index (χ2n) is 5.90. The van der Waals surface area contributed by atoms with E-state index in [0.717, 1.165) is 11.3 Å². The number of nitrogens with one attached hydrogen (secondary N) is 1. The van der Waals surface area contributed by atoms with Crippen LogP contribution in [-0.2, 0) is 6.54 Å². The van der Waals surface area contributed by atoms with Crippen LogP contribution in [0, 0.1) is 6.92 Å². The highest BCUT2D eigenvalue weighted by Gasteiger charge is 2.09. The number of anilines is 2. The van der Waals surface area contributed by atoms with Crippen molar-refractivity contribution in [1.82, 2.24) is 19.2 Å². The van der Waals surface area contributed by atoms with Gasteiger partial charge in [-0.25, -0.2) is 13.9 Å². The lowest BCUT2D eigenvalue weighted by molar-refractivity contribution is 0.658. The van der Waals surface area contributed by atoms with Gasteiger partial charge in [0.25, 0.3) is 5.78 Å². The molecule has 0 unspecified atom stereocenters. The maximum absolute atomic E-state index is 12.5. The molecule has 0 atom stereocenters. The van der Waals surface area contributed by atoms with Crippen molar-refractivity contribution in [2.24, 2.45) is 0 Å². The first kappa shape index (κ1) is 15.1. The lowest BCUT2D eigenvalue weighted by atomic mass is 10.1. The number of hydrogen-bond acceptors (Lipinski definition) is 4. The fourth-order valence-corrected chi connectivity index (χ4v) is 2.61. The van der Waals surface area contributed by atoms with E-state index in [4.69, 9.17) is 0 Å². The zero-order valence-electron chi connectivity index (χ0n) is 13.8. The van der Waals surface area contributed by atoms with Crippen LogP contribution < -0.4 is 11.0 Å². The van der Waals surface area contributed by atoms with Crippen LogP contribution in [0.3, 0.4) is 0 Å². The first-order valence-corrected chi connectivity index (χ1v) is 8.03. The van der Waals surface area contributed by atoms with Gasteiger partial charge in [0.1, 0.15) is 5.82 Å². The number of para-hydroxylation sites is 1. The van der Waals surface area contributed by atoms with Crippen molar-refractivity contribution in [3.05, 3.63) is 88.5 Å². The van der Waals surface area contributed by atoms with Crippen molar-refractivity contribution < 1.29 is 0 Å². The normalized spacial score (nSPS) is 10.9. The second-order valence-corrected chi connectivity index (χ2v) is 5.90. The summed E-state index contributed by atoms with van der Waals surface area (Å²) in [6.45, 7) is 2.45. The second kappa shape index (κ2) is 6.24. The van der Waals surface area contributed by atoms with Gasteiger partial charge in [0, 0.05) is 11.9 Å². The molecule has 6 heteroatoms. The number of fused-ring (bicyclic) bond motifs is 1. The van der Waals surface area contributed by atoms with E-state index in [1.807, 2.05) is 61.5 Å². The molecular weight excluding hydrogens is 314 g/mol. The molecule has 1 N–H and O–H groups in total. The Bertz CT molecular complexity index is 1060. The number of nitrogens with zero attached hydrogens (tertiary/aromatic N) is 4. The van der Waals surface area contributed by atoms with Crippen LogP contribution in [0.1, 0.15) is 11.1 Å². The standard InChI is InChI=1S/C19H17N5O/c1-14-7-9-15(10-8-14)13-24-19(25)23-12-11-17(21-18(23)22-24)20-16-5-3-2-4-6-16/h2-12H,13H2,1H3,(H,20,21,22). The van der Waals surface area contributed by atoms with Crippen molar-refractivity contribution >= 4 is 17.3 Å². The van der Waals surface area contributed by atoms with E-state index in [-0.39, 0.29) is 5.69 Å². The molecule has 124 valence electrons. The molecule has 0 aliphatic carbocycles. The lowest BCUT2D eigenvalue weighted by Gasteiger charge is -2.04. The molecule has 0 saturated carbocycles. The third-order valence-corrected chi connectivity index (χ3v) is 3.95. The molecule has 0 aliphatic rings. The van der Waals surface area contributed by atoms with E-state index in [1.54, 1.807) is 12.3 Å². The van der Waals surface area contributed by atoms with Gasteiger partial charge in [-0.3, -0.25) is 0 Å². The van der Waals surface area contributed by atoms with Crippen molar-refractivity contribution in [3.8, 4) is 0 Å². The van der Waals surface area contributed by atoms with Crippen molar-refractivity contribution in [2.75, 3.05) is 5.32 Å². The molecule has 2 heterocycles. The molecule has 2 aromatic heterocycles. The Morgan fingerprint density at radius 2 is 1.76 bits per heavy atom. The minimum Gasteiger partial charge on any atom is -0.340 e. The summed E-state index contributed by atoms with van der Waals surface area (Å²) in [4.78, 5) is 16.9. The summed E-state index contributed by atoms with van der Waals surface area (Å²) in [7, 11) is 0. The first-order valence-electron chi connectivity index (χ1n) is 8.03. The maximum Gasteiger partial charge on any atom is 0.351 e. The van der Waals surface area contributed by atoms with Crippen molar-refractivity contribution in [3.63, 3.8) is 0 Å². The number of hydrogen-bond donors (Lipinski definition) is 1. The SMILES string of the molecule is Cc1ccc(Cn2nc3nc(Nc4ccccc4)ccn3c2=O)cc1. The third kappa shape index (κ3) is 3.14. The highest BCUT2D eigenvalue weighted by Crippen LogP contribution is 2.13. The summed E-state index contributed by atoms with van der Waals surface area (Å²) in [6, 6.07) is 19.6. The molecule has 4 aromatic rings. The van der Waals surface area contributed by atoms with Gasteiger partial charge in [-0.1, -0.05) is 48.0 Å². The predicted molar refractivity (Wildman–Crippen MR) is 97.3 cm³/mol. The Balaban J connectivity index is 1.65. The van der Waals surface area contributed by atoms with Gasteiger partial charge < -0.3 is 5.32 Å². The molecule has 0 radical (unpaired) electrons. The fourth-order valence-electron chi connectivity index (χ4n) is 2.61. The Hall–Kier alpha value is -3.41. The Kier molecular flexibility index (Phi) is 3.78. The van der Waals surface area contributed by atoms with Crippen LogP contribution in [0.5, 0.6) is 0 Å². The molecule has 25 heavy (non-hydrogen) atoms. The molecule has 0 fully saturated rings. The van der Waals surface area contributed by atoms with Gasteiger partial charge in [-0.15, -0.1) is 5.10 Å². The molecule has 2 aromatic carbocycles. The number of aromatic nitrogens is 4. The van der Waals surface area contributed by atoms with Crippen LogP contribution in [0.4, 0.5) is 11.5 Å². The summed E-state index contributed by atoms with van der Waals surface area (Å²) >= 11 is 0. The third-order valence-electron chi connectivity index (χ3n) is 3.95. The Labute approximate surface area is 144 Å². The van der Waals surface area contributed by atoms with E-state index in [9.17, 15) is 4.79 Å². The zero-order valence-corrected chi connectivity index (χ0v) is 13.8. The average Bonchev–Trinajstić information content (AvgIpc) is 2.93. The van der Waals surface area contributed by atoms with E-state index in [2.05, 4.69) is 15.4 Å². The number of aryl methyl sites for hydroxylation is 1. The topological polar surface area (TPSA) is 64.2 Å². The number of rotatable bonds is 4. The van der Waals surface area contributed by atoms with Crippen LogP contribution in [-0.4, -0.2) is 19.2 Å². The van der Waals surface area contributed by atoms with Crippen molar-refractivity contribution in [1.29, 1.82) is 0 Å². The summed E-state index contributed by atoms with van der Waals surface area (Å²) in [5.74, 6) is 1.02. The van der Waals surface area contributed by atoms with E-state index in [1.165, 1.54) is 14.6 Å². The van der Waals surface area contributed by atoms with Crippen LogP contribution in [0.2, 0.25) is 0 Å². The molecule has 0 aliphatic heterocycles. The molecule has 0 amide bonds. The number of benzene rings is 2. The monoisotopic (exact) mass is 331 g/mol. The quantitative estimate of drug-likeness (QED) is 0.624. The zero-order chi connectivity index (χ0) is 17.2. The van der Waals surface area contributed by atoms with Gasteiger partial charge in [0.05, 0.1) is 6.54 Å². The van der Waals surface area contributed by atoms with Gasteiger partial charge in [-0.2, -0.15) is 4.98 Å². The van der Waals surface area contributed by atoms with E-state index in [0.29, 0.717) is 18.1 Å². The Morgan fingerprint density at radius 3 is 2.52 bits per heavy atom. The highest BCUT2D eigenvalue weighted by molar-refractivity contribution is 5.56. The minimum atomic E-state index is -0.200. The van der Waals surface area contributed by atoms with Crippen LogP contribution >= 0.6 is 0 Å². The highest BCUT2D eigenvalue weighted by atomic mass is 16.2. The molecular formula is C19H17N5O. The molecule has 6 nitrogen and oxygen atoms in total. The van der Waals surface area contributed by atoms with Crippen molar-refractivity contribution in [2.45, 2.75) is 13.5 Å². The predicted octanol–water partition coefficient (Wildman–Crippen LogP) is 2.99. The summed E-state index contributed by atoms with van der Waals surface area (Å²) < 4.78 is 2.88. The van der Waals surface area contributed by atoms with Gasteiger partial charge in [-0.05, 0) is 30.7 Å². The van der Waals surface area contributed by atoms with E-state index < -0.39 is 0 Å². The van der Waals surface area contributed by atoms with Gasteiger partial charge in [0.15, 0.2) is 0 Å². The fraction of sp³-hybridized carbons (Fsp3) is 0.105. The molecule has 0 spiro atoms. The lowest BCUT2D eigenvalue weighted by Crippen LogP contribution is -2.21. The molecule has 0 bridgehead atoms. The van der Waals surface area contributed by atoms with E-state index >= 15 is 0 Å². The van der Waals surface area contributed by atoms with Gasteiger partial charge in [0.2, 0.25) is 0 Å². The Morgan fingerprint density at radius 1 is 1.00 bits per heavy atom. The van der Waals surface area contributed by atoms with Crippen LogP contribution in [0.15, 0.2) is 71.7 Å². The largest absolute Gasteiger partial charge is 0.351 e. The smallest absolute Gasteiger partial charge is 0.340 e. The average molecular weight is 331 g/mol. The minimum absolute atomic E-state index is 0.200. The summed E-state index contributed by atoms with van der Waals surface area (Å²) in [6.07, 6.45) is 1.69. The molecule has 4 rings (SSSR count). The first-order chi connectivity index (χ1) is 12.2. The van der Waals surface area contributed by atoms with Crippen LogP contribution in [0.25, 0.3) is 5.78 Å². The maximum atomic E-state index is 12.5. The van der Waals surface area contributed by atoms with Gasteiger partial charge >= 0.3 is 5.69 Å². The summed E-state index contributed by atoms with van der Waals surface area (Å²) in [5, 5.41) is 7.55.